The molecule has 7 heteroatoms. The number of carbonyl (C=O) groups is 1. The van der Waals surface area contributed by atoms with Crippen LogP contribution in [0.5, 0.6) is 0 Å². The van der Waals surface area contributed by atoms with E-state index in [1.54, 1.807) is 4.90 Å². The quantitative estimate of drug-likeness (QED) is 0.721. The van der Waals surface area contributed by atoms with Crippen LogP contribution in [-0.4, -0.2) is 62.7 Å². The highest BCUT2D eigenvalue weighted by Gasteiger charge is 2.37. The molecule has 0 aliphatic carbocycles. The zero-order chi connectivity index (χ0) is 23.4. The molecule has 6 nitrogen and oxygen atoms in total. The van der Waals surface area contributed by atoms with Crippen LogP contribution in [0.25, 0.3) is 11.1 Å². The van der Waals surface area contributed by atoms with Gasteiger partial charge in [-0.05, 0) is 60.8 Å². The van der Waals surface area contributed by atoms with Crippen LogP contribution in [0.15, 0.2) is 48.5 Å². The number of piperidine rings is 1. The Hall–Kier alpha value is -2.38. The molecule has 0 aromatic heterocycles. The van der Waals surface area contributed by atoms with E-state index in [0.29, 0.717) is 19.5 Å². The minimum atomic E-state index is -3.38. The monoisotopic (exact) mass is 469 g/mol. The van der Waals surface area contributed by atoms with Gasteiger partial charge >= 0.3 is 6.03 Å². The summed E-state index contributed by atoms with van der Waals surface area (Å²) in [5.74, 6) is 0. The van der Waals surface area contributed by atoms with E-state index in [0.717, 1.165) is 44.1 Å². The Morgan fingerprint density at radius 1 is 0.970 bits per heavy atom. The highest BCUT2D eigenvalue weighted by molar-refractivity contribution is 7.88. The smallest absolute Gasteiger partial charge is 0.320 e. The first-order valence-electron chi connectivity index (χ1n) is 12.0. The number of hydrogen-bond donors (Lipinski definition) is 1. The van der Waals surface area contributed by atoms with E-state index in [-0.39, 0.29) is 18.1 Å². The third kappa shape index (κ3) is 5.95. The number of carbonyl (C=O) groups excluding carboxylic acids is 1. The fraction of sp³-hybridized carbons (Fsp3) is 0.500. The Balaban J connectivity index is 1.73. The molecule has 2 unspecified atom stereocenters. The SMILES string of the molecule is CN1CCCCCc2ccccc2-c2cccc(c2)CC2C(NS(C)(=O)=O)CCCN2C1=O. The molecule has 1 saturated heterocycles. The van der Waals surface area contributed by atoms with Crippen LogP contribution in [0.1, 0.15) is 43.2 Å². The first-order valence-corrected chi connectivity index (χ1v) is 13.9. The van der Waals surface area contributed by atoms with Gasteiger partial charge in [-0.15, -0.1) is 0 Å². The zero-order valence-corrected chi connectivity index (χ0v) is 20.5. The normalized spacial score (nSPS) is 22.7. The lowest BCUT2D eigenvalue weighted by Crippen LogP contribution is -2.59. The highest BCUT2D eigenvalue weighted by atomic mass is 32.2. The zero-order valence-electron chi connectivity index (χ0n) is 19.7. The molecule has 2 amide bonds. The Morgan fingerprint density at radius 2 is 1.79 bits per heavy atom. The molecule has 1 fully saturated rings. The molecule has 4 rings (SSSR count). The molecule has 1 N–H and O–H groups in total. The lowest BCUT2D eigenvalue weighted by atomic mass is 9.89. The maximum absolute atomic E-state index is 13.4. The summed E-state index contributed by atoms with van der Waals surface area (Å²) >= 11 is 0. The van der Waals surface area contributed by atoms with Crippen LogP contribution < -0.4 is 4.72 Å². The lowest BCUT2D eigenvalue weighted by molar-refractivity contribution is 0.108. The minimum absolute atomic E-state index is 0.00527. The first-order chi connectivity index (χ1) is 15.8. The van der Waals surface area contributed by atoms with Gasteiger partial charge in [-0.2, -0.15) is 0 Å². The van der Waals surface area contributed by atoms with Gasteiger partial charge in [-0.3, -0.25) is 0 Å². The molecule has 33 heavy (non-hydrogen) atoms. The molecular formula is C26H35N3O3S. The van der Waals surface area contributed by atoms with E-state index in [1.807, 2.05) is 11.9 Å². The van der Waals surface area contributed by atoms with Gasteiger partial charge in [0.25, 0.3) is 0 Å². The average Bonchev–Trinajstić information content (AvgIpc) is 2.78. The van der Waals surface area contributed by atoms with Gasteiger partial charge in [0.15, 0.2) is 0 Å². The van der Waals surface area contributed by atoms with Gasteiger partial charge in [0.05, 0.1) is 12.3 Å². The van der Waals surface area contributed by atoms with Crippen molar-refractivity contribution in [2.45, 2.75) is 57.0 Å². The van der Waals surface area contributed by atoms with Crippen molar-refractivity contribution in [2.24, 2.45) is 0 Å². The molecule has 2 atom stereocenters. The lowest BCUT2D eigenvalue weighted by Gasteiger charge is -2.43. The summed E-state index contributed by atoms with van der Waals surface area (Å²) in [7, 11) is -1.52. The predicted octanol–water partition coefficient (Wildman–Crippen LogP) is 4.06. The van der Waals surface area contributed by atoms with Gasteiger partial charge in [0.1, 0.15) is 0 Å². The summed E-state index contributed by atoms with van der Waals surface area (Å²) in [5.41, 5.74) is 4.90. The fourth-order valence-corrected chi connectivity index (χ4v) is 6.07. The van der Waals surface area contributed by atoms with Crippen LogP contribution >= 0.6 is 0 Å². The Kier molecular flexibility index (Phi) is 7.39. The van der Waals surface area contributed by atoms with Crippen LogP contribution in [0.4, 0.5) is 4.79 Å². The second-order valence-electron chi connectivity index (χ2n) is 9.48. The van der Waals surface area contributed by atoms with Crippen molar-refractivity contribution >= 4 is 16.1 Å². The van der Waals surface area contributed by atoms with Crippen molar-refractivity contribution in [2.75, 3.05) is 26.4 Å². The summed E-state index contributed by atoms with van der Waals surface area (Å²) < 4.78 is 27.0. The molecule has 2 aromatic carbocycles. The molecular weight excluding hydrogens is 434 g/mol. The largest absolute Gasteiger partial charge is 0.328 e. The molecule has 2 aliphatic heterocycles. The number of amides is 2. The molecule has 0 radical (unpaired) electrons. The summed E-state index contributed by atoms with van der Waals surface area (Å²) in [6.45, 7) is 1.36. The van der Waals surface area contributed by atoms with Gasteiger partial charge < -0.3 is 9.80 Å². The van der Waals surface area contributed by atoms with Gasteiger partial charge in [-0.25, -0.2) is 17.9 Å². The van der Waals surface area contributed by atoms with Crippen molar-refractivity contribution in [3.63, 3.8) is 0 Å². The third-order valence-corrected chi connectivity index (χ3v) is 7.59. The first kappa shape index (κ1) is 23.8. The summed E-state index contributed by atoms with van der Waals surface area (Å²) in [5, 5.41) is 0. The maximum atomic E-state index is 13.4. The van der Waals surface area contributed by atoms with E-state index in [9.17, 15) is 13.2 Å². The number of rotatable bonds is 2. The standard InChI is InChI=1S/C26H35N3O3S/c1-28-16-7-3-4-11-21-12-5-6-14-23(21)22-13-8-10-20(18-22)19-25-24(27-33(2,31)32)15-9-17-29(25)26(28)30/h5-6,8,10,12-14,18,24-25,27H,3-4,7,9,11,15-17,19H2,1-2H3. The number of nitrogens with zero attached hydrogens (tertiary/aromatic N) is 2. The van der Waals surface area contributed by atoms with Crippen LogP contribution in [0, 0.1) is 0 Å². The second-order valence-corrected chi connectivity index (χ2v) is 11.3. The highest BCUT2D eigenvalue weighted by Crippen LogP contribution is 2.29. The van der Waals surface area contributed by atoms with E-state index in [1.165, 1.54) is 22.9 Å². The van der Waals surface area contributed by atoms with E-state index in [4.69, 9.17) is 0 Å². The minimum Gasteiger partial charge on any atom is -0.328 e. The number of nitrogens with one attached hydrogen (secondary N) is 1. The molecule has 2 heterocycles. The average molecular weight is 470 g/mol. The fourth-order valence-electron chi connectivity index (χ4n) is 5.24. The Labute approximate surface area is 198 Å². The number of sulfonamides is 1. The topological polar surface area (TPSA) is 69.7 Å². The van der Waals surface area contributed by atoms with Gasteiger partial charge in [-0.1, -0.05) is 55.0 Å². The third-order valence-electron chi connectivity index (χ3n) is 6.86. The molecule has 2 aromatic rings. The number of aryl methyl sites for hydroxylation is 1. The van der Waals surface area contributed by atoms with Crippen LogP contribution in [0.2, 0.25) is 0 Å². The molecule has 178 valence electrons. The van der Waals surface area contributed by atoms with E-state index in [2.05, 4.69) is 53.3 Å². The number of benzene rings is 2. The van der Waals surface area contributed by atoms with Gasteiger partial charge in [0.2, 0.25) is 10.0 Å². The van der Waals surface area contributed by atoms with Crippen molar-refractivity contribution in [3.05, 3.63) is 59.7 Å². The van der Waals surface area contributed by atoms with Crippen molar-refractivity contribution in [1.82, 2.24) is 14.5 Å². The summed E-state index contributed by atoms with van der Waals surface area (Å²) in [6.07, 6.45) is 7.46. The summed E-state index contributed by atoms with van der Waals surface area (Å²) in [6, 6.07) is 16.6. The molecule has 2 aliphatic rings. The van der Waals surface area contributed by atoms with Gasteiger partial charge in [0, 0.05) is 26.2 Å². The number of fused-ring (bicyclic) bond motifs is 5. The van der Waals surface area contributed by atoms with Crippen molar-refractivity contribution in [1.29, 1.82) is 0 Å². The number of hydrogen-bond acceptors (Lipinski definition) is 3. The molecule has 0 spiro atoms. The molecule has 2 bridgehead atoms. The van der Waals surface area contributed by atoms with Crippen molar-refractivity contribution < 1.29 is 13.2 Å². The second kappa shape index (κ2) is 10.3. The van der Waals surface area contributed by atoms with E-state index < -0.39 is 10.0 Å². The summed E-state index contributed by atoms with van der Waals surface area (Å²) in [4.78, 5) is 17.1. The number of urea groups is 1. The Bertz CT molecular complexity index is 1090. The predicted molar refractivity (Wildman–Crippen MR) is 133 cm³/mol. The van der Waals surface area contributed by atoms with Crippen LogP contribution in [-0.2, 0) is 22.9 Å². The van der Waals surface area contributed by atoms with Crippen molar-refractivity contribution in [3.8, 4) is 11.1 Å². The Morgan fingerprint density at radius 3 is 2.61 bits per heavy atom. The molecule has 0 saturated carbocycles. The maximum Gasteiger partial charge on any atom is 0.320 e. The van der Waals surface area contributed by atoms with E-state index >= 15 is 0 Å². The van der Waals surface area contributed by atoms with Crippen LogP contribution in [0.3, 0.4) is 0 Å².